The Labute approximate surface area is 227 Å². The molecule has 160 valence electrons. The molecule has 0 N–H and O–H groups in total. The first-order chi connectivity index (χ1) is 14.9. The van der Waals surface area contributed by atoms with E-state index in [-0.39, 0.29) is 51.0 Å². The molecule has 0 amide bonds. The fourth-order valence-electron chi connectivity index (χ4n) is 4.06. The number of rotatable bonds is 2. The Bertz CT molecular complexity index is 1260. The van der Waals surface area contributed by atoms with Crippen LogP contribution in [0.3, 0.4) is 0 Å². The molecular formula is C30H22Cl2Zr. The van der Waals surface area contributed by atoms with E-state index in [2.05, 4.69) is 133 Å². The summed E-state index contributed by atoms with van der Waals surface area (Å²) in [6.45, 7) is 0. The summed E-state index contributed by atoms with van der Waals surface area (Å²) < 4.78 is 0. The van der Waals surface area contributed by atoms with E-state index in [4.69, 9.17) is 0 Å². The largest absolute Gasteiger partial charge is 4.00 e. The van der Waals surface area contributed by atoms with Crippen molar-refractivity contribution in [2.75, 3.05) is 0 Å². The molecule has 0 fully saturated rings. The van der Waals surface area contributed by atoms with Crippen LogP contribution in [0.4, 0.5) is 0 Å². The molecule has 0 atom stereocenters. The first-order valence-electron chi connectivity index (χ1n) is 10.3. The minimum absolute atomic E-state index is 0. The van der Waals surface area contributed by atoms with Gasteiger partial charge in [-0.2, -0.15) is 47.5 Å². The smallest absolute Gasteiger partial charge is 1.00 e. The van der Waals surface area contributed by atoms with E-state index in [1.807, 2.05) is 0 Å². The maximum atomic E-state index is 2.18. The van der Waals surface area contributed by atoms with E-state index in [1.165, 1.54) is 43.8 Å². The van der Waals surface area contributed by atoms with Gasteiger partial charge in [0.2, 0.25) is 0 Å². The van der Waals surface area contributed by atoms with Crippen LogP contribution in [-0.2, 0) is 26.2 Å². The average Bonchev–Trinajstić information content (AvgIpc) is 3.53. The minimum atomic E-state index is 0. The second-order valence-corrected chi connectivity index (χ2v) is 7.40. The maximum Gasteiger partial charge on any atom is 4.00 e. The van der Waals surface area contributed by atoms with Gasteiger partial charge in [-0.05, 0) is 21.5 Å². The van der Waals surface area contributed by atoms with Crippen molar-refractivity contribution in [1.82, 2.24) is 0 Å². The summed E-state index contributed by atoms with van der Waals surface area (Å²) in [5, 5.41) is 5.25. The van der Waals surface area contributed by atoms with Crippen LogP contribution in [0.15, 0.2) is 133 Å². The van der Waals surface area contributed by atoms with Crippen LogP contribution in [0.5, 0.6) is 0 Å². The normalized spacial score (nSPS) is 9.70. The van der Waals surface area contributed by atoms with Crippen molar-refractivity contribution in [3.8, 4) is 22.3 Å². The Morgan fingerprint density at radius 1 is 0.424 bits per heavy atom. The van der Waals surface area contributed by atoms with Gasteiger partial charge in [0, 0.05) is 0 Å². The van der Waals surface area contributed by atoms with Gasteiger partial charge in [-0.1, -0.05) is 96.1 Å². The molecule has 0 aliphatic rings. The summed E-state index contributed by atoms with van der Waals surface area (Å²) in [6.07, 6.45) is 0. The Morgan fingerprint density at radius 3 is 1.21 bits per heavy atom. The number of hydrogen-bond donors (Lipinski definition) is 0. The van der Waals surface area contributed by atoms with Crippen LogP contribution in [0.25, 0.3) is 43.8 Å². The molecule has 0 saturated heterocycles. The summed E-state index contributed by atoms with van der Waals surface area (Å²) in [4.78, 5) is 0. The molecule has 0 saturated carbocycles. The molecule has 0 aliphatic carbocycles. The predicted octanol–water partition coefficient (Wildman–Crippen LogP) is 2.46. The molecular weight excluding hydrogens is 522 g/mol. The van der Waals surface area contributed by atoms with Crippen LogP contribution in [-0.4, -0.2) is 0 Å². The Morgan fingerprint density at radius 2 is 0.818 bits per heavy atom. The van der Waals surface area contributed by atoms with E-state index >= 15 is 0 Å². The summed E-state index contributed by atoms with van der Waals surface area (Å²) in [5.74, 6) is 0. The summed E-state index contributed by atoms with van der Waals surface area (Å²) >= 11 is 0. The number of benzene rings is 4. The summed E-state index contributed by atoms with van der Waals surface area (Å²) in [7, 11) is 0. The number of hydrogen-bond acceptors (Lipinski definition) is 0. The van der Waals surface area contributed by atoms with Crippen molar-refractivity contribution >= 4 is 21.5 Å². The molecule has 6 aromatic rings. The number of fused-ring (bicyclic) bond motifs is 2. The van der Waals surface area contributed by atoms with Crippen LogP contribution < -0.4 is 24.8 Å². The molecule has 3 heteroatoms. The van der Waals surface area contributed by atoms with Crippen molar-refractivity contribution in [1.29, 1.82) is 0 Å². The van der Waals surface area contributed by atoms with Crippen molar-refractivity contribution in [2.45, 2.75) is 0 Å². The molecule has 33 heavy (non-hydrogen) atoms. The molecule has 0 spiro atoms. The van der Waals surface area contributed by atoms with Gasteiger partial charge in [0.15, 0.2) is 0 Å². The van der Waals surface area contributed by atoms with Crippen molar-refractivity contribution in [3.05, 3.63) is 133 Å². The monoisotopic (exact) mass is 542 g/mol. The zero-order chi connectivity index (χ0) is 20.2. The van der Waals surface area contributed by atoms with Gasteiger partial charge < -0.3 is 24.8 Å². The van der Waals surface area contributed by atoms with E-state index in [0.717, 1.165) is 0 Å². The second kappa shape index (κ2) is 12.7. The molecule has 6 aromatic carbocycles. The van der Waals surface area contributed by atoms with E-state index in [1.54, 1.807) is 0 Å². The minimum Gasteiger partial charge on any atom is -1.00 e. The van der Waals surface area contributed by atoms with Crippen LogP contribution in [0.1, 0.15) is 0 Å². The van der Waals surface area contributed by atoms with Crippen LogP contribution >= 0.6 is 0 Å². The molecule has 0 nitrogen and oxygen atoms in total. The van der Waals surface area contributed by atoms with Gasteiger partial charge in [-0.25, -0.2) is 12.1 Å². The van der Waals surface area contributed by atoms with Gasteiger partial charge in [0.25, 0.3) is 0 Å². The van der Waals surface area contributed by atoms with Crippen molar-refractivity contribution in [3.63, 3.8) is 0 Å². The maximum absolute atomic E-state index is 2.18. The van der Waals surface area contributed by atoms with Crippen molar-refractivity contribution in [2.24, 2.45) is 0 Å². The molecule has 0 unspecified atom stereocenters. The number of halogens is 2. The summed E-state index contributed by atoms with van der Waals surface area (Å²) in [5.41, 5.74) is 5.23. The van der Waals surface area contributed by atoms with E-state index in [9.17, 15) is 0 Å². The zero-order valence-electron chi connectivity index (χ0n) is 18.0. The van der Waals surface area contributed by atoms with Gasteiger partial charge in [0.05, 0.1) is 0 Å². The van der Waals surface area contributed by atoms with Gasteiger partial charge in [-0.3, -0.25) is 0 Å². The topological polar surface area (TPSA) is 0 Å². The Balaban J connectivity index is 0.000000214. The fraction of sp³-hybridized carbons (Fsp3) is 0. The van der Waals surface area contributed by atoms with Crippen LogP contribution in [0.2, 0.25) is 0 Å². The third kappa shape index (κ3) is 5.93. The van der Waals surface area contributed by atoms with Gasteiger partial charge >= 0.3 is 26.2 Å². The third-order valence-corrected chi connectivity index (χ3v) is 5.53. The first-order valence-corrected chi connectivity index (χ1v) is 10.3. The fourth-order valence-corrected chi connectivity index (χ4v) is 4.06. The van der Waals surface area contributed by atoms with Crippen LogP contribution in [0, 0.1) is 0 Å². The van der Waals surface area contributed by atoms with Gasteiger partial charge in [-0.15, -0.1) is 0 Å². The standard InChI is InChI=1S/2C15H11.2ClH.Zr/c2*1-2-7-12(6-1)15-11-5-9-13-8-3-4-10-14(13)15;;;/h2*1-11H;2*1H;/q2*-1;;;+4/p-2. The predicted molar refractivity (Wildman–Crippen MR) is 130 cm³/mol. The second-order valence-electron chi connectivity index (χ2n) is 7.40. The zero-order valence-corrected chi connectivity index (χ0v) is 21.9. The molecule has 0 aliphatic heterocycles. The average molecular weight is 545 g/mol. The molecule has 0 radical (unpaired) electrons. The van der Waals surface area contributed by atoms with Gasteiger partial charge in [0.1, 0.15) is 0 Å². The molecule has 0 aromatic heterocycles. The quantitative estimate of drug-likeness (QED) is 0.294. The summed E-state index contributed by atoms with van der Waals surface area (Å²) in [6, 6.07) is 46.8. The molecule has 6 rings (SSSR count). The van der Waals surface area contributed by atoms with E-state index < -0.39 is 0 Å². The van der Waals surface area contributed by atoms with E-state index in [0.29, 0.717) is 0 Å². The van der Waals surface area contributed by atoms with Crippen molar-refractivity contribution < 1.29 is 51.0 Å². The third-order valence-electron chi connectivity index (χ3n) is 5.53. The first kappa shape index (κ1) is 26.8. The SMILES string of the molecule is [Cl-].[Cl-].[Zr+4].c1ccc2c(-c3cc[cH-]c3)cccc2c1.c1ccc2c(-c3cc[cH-]c3)cccc2c1. The molecule has 0 bridgehead atoms. The Hall–Kier alpha value is -2.44. The molecule has 0 heterocycles. The Kier molecular flexibility index (Phi) is 10.3.